The zero-order valence-electron chi connectivity index (χ0n) is 11.5. The smallest absolute Gasteiger partial charge is 0.240 e. The number of nitriles is 1. The largest absolute Gasteiger partial charge is 0.330 e. The normalized spacial score (nSPS) is 22.7. The van der Waals surface area contributed by atoms with Crippen LogP contribution in [-0.4, -0.2) is 21.0 Å². The first kappa shape index (κ1) is 15.9. The van der Waals surface area contributed by atoms with Crippen LogP contribution in [0, 0.1) is 23.1 Å². The Labute approximate surface area is 124 Å². The van der Waals surface area contributed by atoms with Gasteiger partial charge in [-0.1, -0.05) is 12.8 Å². The highest BCUT2D eigenvalue weighted by molar-refractivity contribution is 7.89. The number of nitrogens with two attached hydrogens (primary N) is 1. The minimum absolute atomic E-state index is 0.0956. The van der Waals surface area contributed by atoms with E-state index in [-0.39, 0.29) is 22.4 Å². The van der Waals surface area contributed by atoms with Gasteiger partial charge in [-0.15, -0.1) is 0 Å². The molecule has 0 aliphatic heterocycles. The van der Waals surface area contributed by atoms with Crippen LogP contribution in [0.2, 0.25) is 0 Å². The minimum Gasteiger partial charge on any atom is -0.330 e. The van der Waals surface area contributed by atoms with Crippen molar-refractivity contribution < 1.29 is 12.8 Å². The molecule has 1 aromatic carbocycles. The second kappa shape index (κ2) is 6.52. The monoisotopic (exact) mass is 311 g/mol. The highest BCUT2D eigenvalue weighted by Crippen LogP contribution is 2.25. The third-order valence-electron chi connectivity index (χ3n) is 3.89. The summed E-state index contributed by atoms with van der Waals surface area (Å²) in [5, 5.41) is 8.79. The molecule has 0 amide bonds. The lowest BCUT2D eigenvalue weighted by Gasteiger charge is -2.31. The van der Waals surface area contributed by atoms with Crippen molar-refractivity contribution in [2.24, 2.45) is 11.7 Å². The zero-order valence-corrected chi connectivity index (χ0v) is 12.4. The molecule has 2 unspecified atom stereocenters. The van der Waals surface area contributed by atoms with Crippen molar-refractivity contribution >= 4 is 10.0 Å². The van der Waals surface area contributed by atoms with Crippen LogP contribution in [0.4, 0.5) is 4.39 Å². The van der Waals surface area contributed by atoms with Gasteiger partial charge in [0.15, 0.2) is 0 Å². The van der Waals surface area contributed by atoms with E-state index in [0.717, 1.165) is 37.8 Å². The molecule has 1 aromatic rings. The lowest BCUT2D eigenvalue weighted by atomic mass is 9.85. The van der Waals surface area contributed by atoms with Crippen LogP contribution < -0.4 is 10.5 Å². The summed E-state index contributed by atoms with van der Waals surface area (Å²) >= 11 is 0. The molecule has 0 aromatic heterocycles. The Morgan fingerprint density at radius 2 is 2.10 bits per heavy atom. The molecule has 7 heteroatoms. The third kappa shape index (κ3) is 3.59. The number of hydrogen-bond donors (Lipinski definition) is 2. The summed E-state index contributed by atoms with van der Waals surface area (Å²) in [5.74, 6) is -0.613. The van der Waals surface area contributed by atoms with Gasteiger partial charge in [-0.2, -0.15) is 5.26 Å². The highest BCUT2D eigenvalue weighted by Gasteiger charge is 2.28. The van der Waals surface area contributed by atoms with Crippen LogP contribution in [0.3, 0.4) is 0 Å². The van der Waals surface area contributed by atoms with Crippen molar-refractivity contribution in [2.75, 3.05) is 6.54 Å². The molecular formula is C14H18FN3O2S. The number of benzene rings is 1. The summed E-state index contributed by atoms with van der Waals surface area (Å²) in [5.41, 5.74) is 5.41. The number of nitrogens with zero attached hydrogens (tertiary/aromatic N) is 1. The van der Waals surface area contributed by atoms with E-state index in [9.17, 15) is 12.8 Å². The zero-order chi connectivity index (χ0) is 15.5. The van der Waals surface area contributed by atoms with E-state index in [0.29, 0.717) is 6.54 Å². The van der Waals surface area contributed by atoms with Gasteiger partial charge in [0.2, 0.25) is 10.0 Å². The summed E-state index contributed by atoms with van der Waals surface area (Å²) in [7, 11) is -3.78. The topological polar surface area (TPSA) is 96.0 Å². The van der Waals surface area contributed by atoms with Gasteiger partial charge in [-0.3, -0.25) is 0 Å². The Bertz CT molecular complexity index is 655. The van der Waals surface area contributed by atoms with E-state index < -0.39 is 15.8 Å². The Morgan fingerprint density at radius 1 is 1.38 bits per heavy atom. The van der Waals surface area contributed by atoms with Gasteiger partial charge in [-0.05, 0) is 43.5 Å². The van der Waals surface area contributed by atoms with Gasteiger partial charge in [0.05, 0.1) is 10.5 Å². The Kier molecular flexibility index (Phi) is 4.93. The van der Waals surface area contributed by atoms with E-state index in [4.69, 9.17) is 11.0 Å². The van der Waals surface area contributed by atoms with Gasteiger partial charge >= 0.3 is 0 Å². The number of hydrogen-bond acceptors (Lipinski definition) is 4. The number of nitrogens with one attached hydrogen (secondary N) is 1. The quantitative estimate of drug-likeness (QED) is 0.880. The Morgan fingerprint density at radius 3 is 2.76 bits per heavy atom. The van der Waals surface area contributed by atoms with Crippen LogP contribution in [0.25, 0.3) is 0 Å². The van der Waals surface area contributed by atoms with Crippen molar-refractivity contribution in [2.45, 2.75) is 36.6 Å². The molecule has 0 heterocycles. The van der Waals surface area contributed by atoms with Gasteiger partial charge in [-0.25, -0.2) is 17.5 Å². The van der Waals surface area contributed by atoms with Crippen LogP contribution in [-0.2, 0) is 10.0 Å². The molecule has 3 N–H and O–H groups in total. The molecule has 0 saturated heterocycles. The molecule has 5 nitrogen and oxygen atoms in total. The summed E-state index contributed by atoms with van der Waals surface area (Å²) in [6.07, 6.45) is 3.65. The SMILES string of the molecule is N#Cc1cc(S(=O)(=O)NC2CCCCC2CN)ccc1F. The molecule has 0 bridgehead atoms. The number of sulfonamides is 1. The van der Waals surface area contributed by atoms with E-state index in [1.54, 1.807) is 6.07 Å². The van der Waals surface area contributed by atoms with Crippen molar-refractivity contribution in [3.05, 3.63) is 29.6 Å². The number of halogens is 1. The van der Waals surface area contributed by atoms with E-state index >= 15 is 0 Å². The molecule has 1 saturated carbocycles. The average molecular weight is 311 g/mol. The van der Waals surface area contributed by atoms with Crippen molar-refractivity contribution in [1.29, 1.82) is 5.26 Å². The highest BCUT2D eigenvalue weighted by atomic mass is 32.2. The van der Waals surface area contributed by atoms with E-state index in [1.165, 1.54) is 6.07 Å². The van der Waals surface area contributed by atoms with Crippen molar-refractivity contribution in [1.82, 2.24) is 4.72 Å². The second-order valence-electron chi connectivity index (χ2n) is 5.26. The maximum absolute atomic E-state index is 13.3. The molecule has 1 aliphatic carbocycles. The van der Waals surface area contributed by atoms with E-state index in [1.807, 2.05) is 0 Å². The second-order valence-corrected chi connectivity index (χ2v) is 6.98. The predicted octanol–water partition coefficient (Wildman–Crippen LogP) is 1.49. The molecule has 0 spiro atoms. The van der Waals surface area contributed by atoms with Crippen molar-refractivity contribution in [3.63, 3.8) is 0 Å². The fraction of sp³-hybridized carbons (Fsp3) is 0.500. The third-order valence-corrected chi connectivity index (χ3v) is 5.37. The van der Waals surface area contributed by atoms with Gasteiger partial charge < -0.3 is 5.73 Å². The van der Waals surface area contributed by atoms with Crippen LogP contribution in [0.1, 0.15) is 31.2 Å². The van der Waals surface area contributed by atoms with Crippen LogP contribution in [0.5, 0.6) is 0 Å². The van der Waals surface area contributed by atoms with Gasteiger partial charge in [0.25, 0.3) is 0 Å². The fourth-order valence-electron chi connectivity index (χ4n) is 2.67. The molecule has 2 rings (SSSR count). The van der Waals surface area contributed by atoms with Gasteiger partial charge in [0.1, 0.15) is 11.9 Å². The molecule has 1 fully saturated rings. The summed E-state index contributed by atoms with van der Waals surface area (Å²) in [6, 6.07) is 4.65. The summed E-state index contributed by atoms with van der Waals surface area (Å²) < 4.78 is 40.6. The molecular weight excluding hydrogens is 293 g/mol. The first-order valence-corrected chi connectivity index (χ1v) is 8.38. The van der Waals surface area contributed by atoms with Crippen LogP contribution >= 0.6 is 0 Å². The summed E-state index contributed by atoms with van der Waals surface area (Å²) in [4.78, 5) is -0.0956. The standard InChI is InChI=1S/C14H18FN3O2S/c15-13-6-5-12(7-11(13)9-17)21(19,20)18-14-4-2-1-3-10(14)8-16/h5-7,10,14,18H,1-4,8,16H2. The number of rotatable bonds is 4. The molecule has 2 atom stereocenters. The average Bonchev–Trinajstić information content (AvgIpc) is 2.47. The first-order chi connectivity index (χ1) is 9.97. The molecule has 1 aliphatic rings. The predicted molar refractivity (Wildman–Crippen MR) is 76.2 cm³/mol. The maximum atomic E-state index is 13.3. The maximum Gasteiger partial charge on any atom is 0.240 e. The van der Waals surface area contributed by atoms with Crippen molar-refractivity contribution in [3.8, 4) is 6.07 Å². The summed E-state index contributed by atoms with van der Waals surface area (Å²) in [6.45, 7) is 0.431. The van der Waals surface area contributed by atoms with Crippen LogP contribution in [0.15, 0.2) is 23.1 Å². The fourth-order valence-corrected chi connectivity index (χ4v) is 4.03. The van der Waals surface area contributed by atoms with Gasteiger partial charge in [0, 0.05) is 6.04 Å². The molecule has 0 radical (unpaired) electrons. The van der Waals surface area contributed by atoms with E-state index in [2.05, 4.69) is 4.72 Å². The lowest BCUT2D eigenvalue weighted by molar-refractivity contribution is 0.296. The Hall–Kier alpha value is -1.49. The minimum atomic E-state index is -3.78. The molecule has 114 valence electrons. The first-order valence-electron chi connectivity index (χ1n) is 6.90. The lowest BCUT2D eigenvalue weighted by Crippen LogP contribution is -2.44. The molecule has 21 heavy (non-hydrogen) atoms. The Balaban J connectivity index is 2.24.